The van der Waals surface area contributed by atoms with Crippen molar-refractivity contribution in [2.45, 2.75) is 26.9 Å². The lowest BCUT2D eigenvalue weighted by Crippen LogP contribution is -2.29. The van der Waals surface area contributed by atoms with Gasteiger partial charge in [-0.3, -0.25) is 0 Å². The monoisotopic (exact) mass is 265 g/mol. The van der Waals surface area contributed by atoms with Gasteiger partial charge in [-0.05, 0) is 38.0 Å². The lowest BCUT2D eigenvalue weighted by Gasteiger charge is -2.30. The van der Waals surface area contributed by atoms with Gasteiger partial charge in [0.05, 0.1) is 0 Å². The Hall–Kier alpha value is -2.22. The van der Waals surface area contributed by atoms with Crippen LogP contribution < -0.4 is 10.2 Å². The average molecular weight is 265 g/mol. The molecule has 0 saturated carbocycles. The Labute approximate surface area is 122 Å². The summed E-state index contributed by atoms with van der Waals surface area (Å²) >= 11 is 0. The summed E-state index contributed by atoms with van der Waals surface area (Å²) in [5.74, 6) is 0. The first-order valence-electron chi connectivity index (χ1n) is 7.41. The topological polar surface area (TPSA) is 15.3 Å². The highest BCUT2D eigenvalue weighted by molar-refractivity contribution is 5.61. The SMILES string of the molecule is [2H]N1C(C)=C(C)N(c2ccccc2C)C1c1ccccc1. The first-order chi connectivity index (χ1) is 10.1. The van der Waals surface area contributed by atoms with Crippen molar-refractivity contribution in [3.8, 4) is 0 Å². The molecule has 0 radical (unpaired) electrons. The van der Waals surface area contributed by atoms with Gasteiger partial charge in [-0.15, -0.1) is 0 Å². The van der Waals surface area contributed by atoms with Crippen LogP contribution in [-0.4, -0.2) is 0 Å². The molecule has 1 aliphatic rings. The van der Waals surface area contributed by atoms with Crippen LogP contribution in [-0.2, 0) is 0 Å². The molecule has 102 valence electrons. The van der Waals surface area contributed by atoms with E-state index in [4.69, 9.17) is 1.41 Å². The highest BCUT2D eigenvalue weighted by atomic mass is 15.3. The maximum Gasteiger partial charge on any atom is 0.162 e. The first kappa shape index (κ1) is 11.6. The first-order valence-corrected chi connectivity index (χ1v) is 6.96. The van der Waals surface area contributed by atoms with E-state index >= 15 is 0 Å². The number of nitrogens with one attached hydrogen (secondary N) is 1. The lowest BCUT2D eigenvalue weighted by molar-refractivity contribution is 0.644. The number of hydrogen-bond acceptors (Lipinski definition) is 2. The Morgan fingerprint density at radius 3 is 2.30 bits per heavy atom. The molecule has 1 N–H and O–H groups in total. The Kier molecular flexibility index (Phi) is 2.92. The molecular formula is C18H20N2. The van der Waals surface area contributed by atoms with E-state index in [1.165, 1.54) is 5.56 Å². The highest BCUT2D eigenvalue weighted by Crippen LogP contribution is 2.36. The molecule has 0 amide bonds. The second-order valence-electron chi connectivity index (χ2n) is 5.24. The largest absolute Gasteiger partial charge is 0.363 e. The van der Waals surface area contributed by atoms with Gasteiger partial charge in [0.15, 0.2) is 1.41 Å². The average Bonchev–Trinajstić information content (AvgIpc) is 2.73. The minimum absolute atomic E-state index is 0.104. The van der Waals surface area contributed by atoms with E-state index in [-0.39, 0.29) is 6.17 Å². The minimum Gasteiger partial charge on any atom is -0.363 e. The van der Waals surface area contributed by atoms with Crippen molar-refractivity contribution in [3.63, 3.8) is 0 Å². The van der Waals surface area contributed by atoms with Crippen LogP contribution in [0.25, 0.3) is 0 Å². The maximum atomic E-state index is 8.45. The molecule has 1 heterocycles. The number of hydrogen-bond donors (Lipinski definition) is 1. The molecule has 3 rings (SSSR count). The van der Waals surface area contributed by atoms with Gasteiger partial charge in [0.2, 0.25) is 0 Å². The van der Waals surface area contributed by atoms with E-state index in [0.717, 1.165) is 22.6 Å². The summed E-state index contributed by atoms with van der Waals surface area (Å²) in [4.78, 5) is 2.26. The van der Waals surface area contributed by atoms with Crippen LogP contribution in [0.15, 0.2) is 66.0 Å². The van der Waals surface area contributed by atoms with E-state index in [9.17, 15) is 0 Å². The van der Waals surface area contributed by atoms with Crippen LogP contribution in [0.4, 0.5) is 5.69 Å². The zero-order valence-corrected chi connectivity index (χ0v) is 12.2. The number of rotatable bonds is 2. The third-order valence-electron chi connectivity index (χ3n) is 3.92. The molecule has 2 aromatic carbocycles. The molecule has 2 heteroatoms. The Bertz CT molecular complexity index is 679. The summed E-state index contributed by atoms with van der Waals surface area (Å²) in [5, 5.41) is 1.61. The third-order valence-corrected chi connectivity index (χ3v) is 3.92. The van der Waals surface area contributed by atoms with Crippen LogP contribution in [0.2, 0.25) is 1.41 Å². The second-order valence-corrected chi connectivity index (χ2v) is 5.24. The molecule has 2 nitrogen and oxygen atoms in total. The zero-order valence-electron chi connectivity index (χ0n) is 13.2. The third kappa shape index (κ3) is 2.07. The minimum atomic E-state index is -0.104. The fraction of sp³-hybridized carbons (Fsp3) is 0.222. The number of para-hydroxylation sites is 1. The van der Waals surface area contributed by atoms with Gasteiger partial charge in [-0.2, -0.15) is 0 Å². The maximum absolute atomic E-state index is 8.45. The van der Waals surface area contributed by atoms with Crippen molar-refractivity contribution in [3.05, 3.63) is 77.1 Å². The van der Waals surface area contributed by atoms with Gasteiger partial charge >= 0.3 is 0 Å². The Balaban J connectivity index is 2.13. The molecule has 0 aliphatic carbocycles. The Morgan fingerprint density at radius 2 is 1.60 bits per heavy atom. The van der Waals surface area contributed by atoms with Crippen LogP contribution in [0.1, 0.15) is 31.1 Å². The molecule has 0 bridgehead atoms. The molecule has 1 unspecified atom stereocenters. The highest BCUT2D eigenvalue weighted by Gasteiger charge is 2.29. The van der Waals surface area contributed by atoms with E-state index in [2.05, 4.69) is 55.1 Å². The number of aryl methyl sites for hydroxylation is 1. The molecule has 0 saturated heterocycles. The van der Waals surface area contributed by atoms with Crippen LogP contribution in [0.3, 0.4) is 0 Å². The molecule has 20 heavy (non-hydrogen) atoms. The van der Waals surface area contributed by atoms with Gasteiger partial charge in [0.25, 0.3) is 0 Å². The predicted octanol–water partition coefficient (Wildman–Crippen LogP) is 4.35. The molecule has 0 fully saturated rings. The molecule has 0 aromatic heterocycles. The fourth-order valence-corrected chi connectivity index (χ4v) is 2.69. The summed E-state index contributed by atoms with van der Waals surface area (Å²) in [6.07, 6.45) is -0.104. The van der Waals surface area contributed by atoms with E-state index in [0.29, 0.717) is 0 Å². The number of nitrogens with zero attached hydrogens (tertiary/aromatic N) is 1. The Morgan fingerprint density at radius 1 is 0.950 bits per heavy atom. The van der Waals surface area contributed by atoms with Crippen molar-refractivity contribution in [1.29, 1.82) is 0 Å². The number of allylic oxidation sites excluding steroid dienone is 2. The van der Waals surface area contributed by atoms with Crippen molar-refractivity contribution in [1.82, 2.24) is 5.31 Å². The van der Waals surface area contributed by atoms with Crippen molar-refractivity contribution in [2.24, 2.45) is 0 Å². The van der Waals surface area contributed by atoms with Gasteiger partial charge in [0.1, 0.15) is 6.17 Å². The van der Waals surface area contributed by atoms with Crippen LogP contribution in [0.5, 0.6) is 0 Å². The summed E-state index contributed by atoms with van der Waals surface area (Å²) in [6, 6.07) is 18.6. The molecular weight excluding hydrogens is 244 g/mol. The number of benzene rings is 2. The summed E-state index contributed by atoms with van der Waals surface area (Å²) < 4.78 is 8.45. The van der Waals surface area contributed by atoms with E-state index in [1.807, 2.05) is 25.1 Å². The van der Waals surface area contributed by atoms with Crippen molar-refractivity contribution in [2.75, 3.05) is 4.90 Å². The summed E-state index contributed by atoms with van der Waals surface area (Å²) in [7, 11) is 0. The van der Waals surface area contributed by atoms with Gasteiger partial charge < -0.3 is 10.2 Å². The number of anilines is 1. The van der Waals surface area contributed by atoms with Crippen molar-refractivity contribution >= 4 is 5.69 Å². The summed E-state index contributed by atoms with van der Waals surface area (Å²) in [5.41, 5.74) is 5.64. The van der Waals surface area contributed by atoms with Gasteiger partial charge in [-0.1, -0.05) is 48.5 Å². The molecule has 2 aromatic rings. The van der Waals surface area contributed by atoms with Crippen molar-refractivity contribution < 1.29 is 1.41 Å². The van der Waals surface area contributed by atoms with Crippen LogP contribution >= 0.6 is 0 Å². The van der Waals surface area contributed by atoms with E-state index < -0.39 is 0 Å². The zero-order chi connectivity index (χ0) is 15.0. The van der Waals surface area contributed by atoms with E-state index in [1.54, 1.807) is 5.31 Å². The predicted molar refractivity (Wildman–Crippen MR) is 84.4 cm³/mol. The molecule has 0 spiro atoms. The van der Waals surface area contributed by atoms with Crippen LogP contribution in [0, 0.1) is 6.92 Å². The van der Waals surface area contributed by atoms with Gasteiger partial charge in [-0.25, -0.2) is 0 Å². The normalized spacial score (nSPS) is 19.6. The second kappa shape index (κ2) is 5.04. The smallest absolute Gasteiger partial charge is 0.162 e. The standard InChI is InChI=1S/C18H20N2/c1-13-9-7-8-12-17(13)20-15(3)14(2)19-18(20)16-10-5-4-6-11-16/h4-12,18-19H,1-3H3/i/hD. The lowest BCUT2D eigenvalue weighted by atomic mass is 10.1. The fourth-order valence-electron chi connectivity index (χ4n) is 2.69. The quantitative estimate of drug-likeness (QED) is 0.868. The summed E-state index contributed by atoms with van der Waals surface area (Å²) in [6.45, 7) is 6.22. The van der Waals surface area contributed by atoms with Gasteiger partial charge in [0, 0.05) is 17.1 Å². The molecule has 1 atom stereocenters. The molecule has 1 aliphatic heterocycles.